The molecule has 0 fully saturated rings. The van der Waals surface area contributed by atoms with E-state index >= 15 is 0 Å². The molecule has 0 aliphatic carbocycles. The molecule has 1 N–H and O–H groups in total. The van der Waals surface area contributed by atoms with Crippen molar-refractivity contribution < 1.29 is 14.3 Å². The first-order valence-electron chi connectivity index (χ1n) is 5.89. The highest BCUT2D eigenvalue weighted by Gasteiger charge is 2.26. The van der Waals surface area contributed by atoms with Crippen LogP contribution in [-0.2, 0) is 9.53 Å². The average Bonchev–Trinajstić information content (AvgIpc) is 2.43. The summed E-state index contributed by atoms with van der Waals surface area (Å²) < 4.78 is 4.69. The molecule has 0 bridgehead atoms. The Balaban J connectivity index is 2.91. The number of nitrogens with zero attached hydrogens (tertiary/aromatic N) is 1. The predicted octanol–water partition coefficient (Wildman–Crippen LogP) is 1.73. The van der Waals surface area contributed by atoms with Crippen molar-refractivity contribution in [2.24, 2.45) is 5.92 Å². The molecule has 0 aromatic carbocycles. The van der Waals surface area contributed by atoms with Crippen LogP contribution < -0.4 is 5.32 Å². The number of ether oxygens (including phenoxy) is 1. The Hall–Kier alpha value is -1.56. The van der Waals surface area contributed by atoms with E-state index < -0.39 is 12.0 Å². The fourth-order valence-electron chi connectivity index (χ4n) is 1.57. The summed E-state index contributed by atoms with van der Waals surface area (Å²) in [7, 11) is 1.31. The average molecular weight is 282 g/mol. The number of amides is 1. The second-order valence-corrected chi connectivity index (χ2v) is 5.07. The van der Waals surface area contributed by atoms with Crippen molar-refractivity contribution in [1.82, 2.24) is 10.3 Å². The van der Waals surface area contributed by atoms with Crippen LogP contribution in [0.1, 0.15) is 24.2 Å². The van der Waals surface area contributed by atoms with Crippen molar-refractivity contribution in [3.05, 3.63) is 23.9 Å². The highest BCUT2D eigenvalue weighted by Crippen LogP contribution is 2.17. The first-order valence-corrected chi connectivity index (χ1v) is 7.11. The van der Waals surface area contributed by atoms with Crippen LogP contribution in [0.2, 0.25) is 0 Å². The zero-order valence-electron chi connectivity index (χ0n) is 11.5. The van der Waals surface area contributed by atoms with Gasteiger partial charge >= 0.3 is 5.97 Å². The monoisotopic (exact) mass is 282 g/mol. The molecule has 104 valence electrons. The molecule has 19 heavy (non-hydrogen) atoms. The second kappa shape index (κ2) is 7.13. The molecule has 6 heteroatoms. The molecule has 1 heterocycles. The molecule has 1 atom stereocenters. The van der Waals surface area contributed by atoms with Crippen molar-refractivity contribution in [2.75, 3.05) is 13.4 Å². The van der Waals surface area contributed by atoms with Crippen LogP contribution in [-0.4, -0.2) is 36.3 Å². The molecular weight excluding hydrogens is 264 g/mol. The van der Waals surface area contributed by atoms with Crippen molar-refractivity contribution in [1.29, 1.82) is 0 Å². The summed E-state index contributed by atoms with van der Waals surface area (Å²) >= 11 is 1.39. The van der Waals surface area contributed by atoms with Crippen LogP contribution in [0.3, 0.4) is 0 Å². The highest BCUT2D eigenvalue weighted by molar-refractivity contribution is 7.98. The number of nitrogens with one attached hydrogen (secondary N) is 1. The fraction of sp³-hybridized carbons (Fsp3) is 0.462. The molecule has 5 nitrogen and oxygen atoms in total. The van der Waals surface area contributed by atoms with E-state index in [2.05, 4.69) is 10.3 Å². The van der Waals surface area contributed by atoms with Crippen LogP contribution in [0, 0.1) is 5.92 Å². The number of pyridine rings is 1. The Morgan fingerprint density at radius 3 is 2.63 bits per heavy atom. The van der Waals surface area contributed by atoms with Crippen LogP contribution in [0.4, 0.5) is 0 Å². The third-order valence-electron chi connectivity index (χ3n) is 2.62. The third kappa shape index (κ3) is 3.96. The van der Waals surface area contributed by atoms with E-state index in [1.807, 2.05) is 20.1 Å². The fourth-order valence-corrected chi connectivity index (χ4v) is 2.12. The Morgan fingerprint density at radius 2 is 2.11 bits per heavy atom. The molecule has 0 aliphatic heterocycles. The van der Waals surface area contributed by atoms with E-state index in [4.69, 9.17) is 4.74 Å². The number of thioether (sulfide) groups is 1. The van der Waals surface area contributed by atoms with E-state index in [1.54, 1.807) is 18.3 Å². The van der Waals surface area contributed by atoms with Gasteiger partial charge in [0, 0.05) is 6.20 Å². The molecular formula is C13H18N2O3S. The second-order valence-electron chi connectivity index (χ2n) is 4.28. The lowest BCUT2D eigenvalue weighted by Crippen LogP contribution is -2.45. The van der Waals surface area contributed by atoms with Crippen LogP contribution >= 0.6 is 11.8 Å². The van der Waals surface area contributed by atoms with E-state index in [0.717, 1.165) is 0 Å². The van der Waals surface area contributed by atoms with Crippen LogP contribution in [0.15, 0.2) is 23.4 Å². The Bertz CT molecular complexity index is 463. The van der Waals surface area contributed by atoms with Crippen molar-refractivity contribution in [3.63, 3.8) is 0 Å². The van der Waals surface area contributed by atoms with Gasteiger partial charge < -0.3 is 10.1 Å². The first kappa shape index (κ1) is 15.5. The Labute approximate surface area is 117 Å². The van der Waals surface area contributed by atoms with Gasteiger partial charge in [0.2, 0.25) is 0 Å². The smallest absolute Gasteiger partial charge is 0.328 e. The van der Waals surface area contributed by atoms with Crippen molar-refractivity contribution >= 4 is 23.6 Å². The number of methoxy groups -OCH3 is 1. The maximum absolute atomic E-state index is 12.2. The molecule has 0 saturated carbocycles. The summed E-state index contributed by atoms with van der Waals surface area (Å²) in [5, 5.41) is 3.32. The lowest BCUT2D eigenvalue weighted by molar-refractivity contribution is -0.144. The molecule has 1 aromatic rings. The van der Waals surface area contributed by atoms with Gasteiger partial charge in [0.1, 0.15) is 11.1 Å². The zero-order valence-corrected chi connectivity index (χ0v) is 12.3. The van der Waals surface area contributed by atoms with Gasteiger partial charge in [-0.25, -0.2) is 9.78 Å². The summed E-state index contributed by atoms with van der Waals surface area (Å²) in [6, 6.07) is 2.72. The van der Waals surface area contributed by atoms with Crippen molar-refractivity contribution in [3.8, 4) is 0 Å². The van der Waals surface area contributed by atoms with Gasteiger partial charge in [-0.15, -0.1) is 11.8 Å². The maximum Gasteiger partial charge on any atom is 0.328 e. The molecule has 0 saturated heterocycles. The number of aromatic nitrogens is 1. The Morgan fingerprint density at radius 1 is 1.42 bits per heavy atom. The number of hydrogen-bond donors (Lipinski definition) is 1. The maximum atomic E-state index is 12.2. The van der Waals surface area contributed by atoms with Crippen molar-refractivity contribution in [2.45, 2.75) is 24.9 Å². The third-order valence-corrected chi connectivity index (χ3v) is 3.33. The summed E-state index contributed by atoms with van der Waals surface area (Å²) in [5.41, 5.74) is 0.463. The molecule has 0 unspecified atom stereocenters. The van der Waals surface area contributed by atoms with Gasteiger partial charge in [-0.3, -0.25) is 4.79 Å². The predicted molar refractivity (Wildman–Crippen MR) is 74.1 cm³/mol. The number of carbonyl (C=O) groups excluding carboxylic acids is 2. The number of rotatable bonds is 5. The zero-order chi connectivity index (χ0) is 14.4. The van der Waals surface area contributed by atoms with E-state index in [1.165, 1.54) is 18.9 Å². The van der Waals surface area contributed by atoms with Gasteiger partial charge in [0.05, 0.1) is 12.7 Å². The van der Waals surface area contributed by atoms with Gasteiger partial charge in [0.15, 0.2) is 0 Å². The normalized spacial score (nSPS) is 12.1. The van der Waals surface area contributed by atoms with Gasteiger partial charge in [-0.05, 0) is 24.3 Å². The minimum Gasteiger partial charge on any atom is -0.467 e. The quantitative estimate of drug-likeness (QED) is 0.658. The summed E-state index contributed by atoms with van der Waals surface area (Å²) in [4.78, 5) is 27.9. The molecule has 1 aromatic heterocycles. The summed E-state index contributed by atoms with van der Waals surface area (Å²) in [5.74, 6) is -0.815. The molecule has 0 radical (unpaired) electrons. The highest BCUT2D eigenvalue weighted by atomic mass is 32.2. The molecule has 1 rings (SSSR count). The number of esters is 1. The molecule has 0 aliphatic rings. The topological polar surface area (TPSA) is 68.3 Å². The van der Waals surface area contributed by atoms with Gasteiger partial charge in [-0.1, -0.05) is 13.8 Å². The summed E-state index contributed by atoms with van der Waals surface area (Å²) in [6.07, 6.45) is 3.47. The number of carbonyl (C=O) groups is 2. The Kier molecular flexibility index (Phi) is 5.82. The molecule has 0 spiro atoms. The first-order chi connectivity index (χ1) is 9.01. The molecule has 1 amide bonds. The lowest BCUT2D eigenvalue weighted by Gasteiger charge is -2.20. The minimum absolute atomic E-state index is 0.0502. The van der Waals surface area contributed by atoms with E-state index in [-0.39, 0.29) is 11.8 Å². The van der Waals surface area contributed by atoms with E-state index in [0.29, 0.717) is 10.6 Å². The lowest BCUT2D eigenvalue weighted by atomic mass is 10.0. The van der Waals surface area contributed by atoms with Gasteiger partial charge in [-0.2, -0.15) is 0 Å². The van der Waals surface area contributed by atoms with Crippen LogP contribution in [0.25, 0.3) is 0 Å². The minimum atomic E-state index is -0.660. The van der Waals surface area contributed by atoms with Crippen LogP contribution in [0.5, 0.6) is 0 Å². The summed E-state index contributed by atoms with van der Waals surface area (Å²) in [6.45, 7) is 3.70. The van der Waals surface area contributed by atoms with Gasteiger partial charge in [0.25, 0.3) is 5.91 Å². The standard InChI is InChI=1S/C13H18N2O3S/c1-8(2)10(13(17)18-3)15-11(16)9-6-5-7-14-12(9)19-4/h5-8,10H,1-4H3,(H,15,16)/t10-/m1/s1. The van der Waals surface area contributed by atoms with E-state index in [9.17, 15) is 9.59 Å². The number of hydrogen-bond acceptors (Lipinski definition) is 5. The SMILES string of the molecule is COC(=O)[C@H](NC(=O)c1cccnc1SC)C(C)C. The largest absolute Gasteiger partial charge is 0.467 e.